The van der Waals surface area contributed by atoms with E-state index in [0.717, 1.165) is 25.3 Å². The minimum atomic E-state index is -0.379. The molecule has 182 valence electrons. The molecule has 1 saturated heterocycles. The van der Waals surface area contributed by atoms with Crippen LogP contribution in [0.1, 0.15) is 46.6 Å². The fraction of sp³-hybridized carbons (Fsp3) is 0.286. The van der Waals surface area contributed by atoms with E-state index >= 15 is 0 Å². The van der Waals surface area contributed by atoms with Crippen LogP contribution in [0.2, 0.25) is 0 Å². The molecule has 2 heterocycles. The molecular weight excluding hydrogens is 443 g/mol. The molecule has 1 fully saturated rings. The number of hydrogen-bond acceptors (Lipinski definition) is 4. The lowest BCUT2D eigenvalue weighted by Crippen LogP contribution is -2.37. The molecule has 0 radical (unpaired) electrons. The summed E-state index contributed by atoms with van der Waals surface area (Å²) in [6.07, 6.45) is 6.02. The van der Waals surface area contributed by atoms with Crippen molar-refractivity contribution in [2.75, 3.05) is 31.9 Å². The molecule has 1 aromatic heterocycles. The number of aromatic nitrogens is 1. The van der Waals surface area contributed by atoms with Crippen LogP contribution in [0.25, 0.3) is 22.8 Å². The summed E-state index contributed by atoms with van der Waals surface area (Å²) in [7, 11) is 0. The summed E-state index contributed by atoms with van der Waals surface area (Å²) in [5.74, 6) is -0.578. The van der Waals surface area contributed by atoms with Gasteiger partial charge in [0.15, 0.2) is 6.29 Å². The molecule has 3 aromatic rings. The Balaban J connectivity index is 1.62. The number of allylic oxidation sites excluding steroid dienone is 1. The van der Waals surface area contributed by atoms with Gasteiger partial charge in [-0.1, -0.05) is 30.7 Å². The summed E-state index contributed by atoms with van der Waals surface area (Å²) >= 11 is 0. The van der Waals surface area contributed by atoms with Gasteiger partial charge in [-0.2, -0.15) is 0 Å². The van der Waals surface area contributed by atoms with Gasteiger partial charge in [0.25, 0.3) is 5.91 Å². The SMILES string of the molecule is Cc1cc(C(=O)NCCN2CCCCC2)c(/C=C(\C=O)c2c(N)cccc2-c2cccc(F)c2)[nH]1. The third kappa shape index (κ3) is 5.87. The number of amides is 1. The highest BCUT2D eigenvalue weighted by Crippen LogP contribution is 2.34. The Morgan fingerprint density at radius 2 is 1.91 bits per heavy atom. The third-order valence-electron chi connectivity index (χ3n) is 6.34. The molecule has 0 unspecified atom stereocenters. The zero-order valence-electron chi connectivity index (χ0n) is 19.9. The number of nitrogen functional groups attached to an aromatic ring is 1. The topological polar surface area (TPSA) is 91.2 Å². The van der Waals surface area contributed by atoms with Gasteiger partial charge in [0.2, 0.25) is 0 Å². The number of nitrogens with zero attached hydrogens (tertiary/aromatic N) is 1. The third-order valence-corrected chi connectivity index (χ3v) is 6.34. The second-order valence-electron chi connectivity index (χ2n) is 8.94. The van der Waals surface area contributed by atoms with Crippen LogP contribution in [0.4, 0.5) is 10.1 Å². The van der Waals surface area contributed by atoms with Crippen molar-refractivity contribution in [3.05, 3.63) is 76.9 Å². The number of hydrogen-bond donors (Lipinski definition) is 3. The van der Waals surface area contributed by atoms with Crippen molar-refractivity contribution in [1.29, 1.82) is 0 Å². The summed E-state index contributed by atoms with van der Waals surface area (Å²) in [5.41, 5.74) is 10.5. The van der Waals surface area contributed by atoms with E-state index in [1.807, 2.05) is 6.92 Å². The summed E-state index contributed by atoms with van der Waals surface area (Å²) in [4.78, 5) is 30.8. The van der Waals surface area contributed by atoms with Gasteiger partial charge in [-0.25, -0.2) is 4.39 Å². The average molecular weight is 475 g/mol. The Morgan fingerprint density at radius 1 is 1.14 bits per heavy atom. The van der Waals surface area contributed by atoms with E-state index in [4.69, 9.17) is 5.73 Å². The number of benzene rings is 2. The number of halogens is 1. The van der Waals surface area contributed by atoms with E-state index < -0.39 is 0 Å². The normalized spacial score (nSPS) is 14.6. The Labute approximate surface area is 205 Å². The highest BCUT2D eigenvalue weighted by molar-refractivity contribution is 6.18. The predicted octanol–water partition coefficient (Wildman–Crippen LogP) is 4.67. The molecule has 2 aromatic carbocycles. The van der Waals surface area contributed by atoms with E-state index in [9.17, 15) is 14.0 Å². The summed E-state index contributed by atoms with van der Waals surface area (Å²) < 4.78 is 13.9. The number of anilines is 1. The molecule has 0 saturated carbocycles. The lowest BCUT2D eigenvalue weighted by molar-refractivity contribution is -0.103. The first-order chi connectivity index (χ1) is 17.0. The number of aromatic amines is 1. The molecule has 1 aliphatic rings. The van der Waals surface area contributed by atoms with Gasteiger partial charge in [-0.15, -0.1) is 0 Å². The minimum Gasteiger partial charge on any atom is -0.398 e. The van der Waals surface area contributed by atoms with Crippen molar-refractivity contribution in [2.24, 2.45) is 0 Å². The van der Waals surface area contributed by atoms with Crippen molar-refractivity contribution in [2.45, 2.75) is 26.2 Å². The first-order valence-corrected chi connectivity index (χ1v) is 12.0. The smallest absolute Gasteiger partial charge is 0.253 e. The van der Waals surface area contributed by atoms with Gasteiger partial charge < -0.3 is 20.9 Å². The number of aryl methyl sites for hydroxylation is 1. The van der Waals surface area contributed by atoms with Crippen molar-refractivity contribution >= 4 is 29.5 Å². The monoisotopic (exact) mass is 474 g/mol. The Bertz CT molecular complexity index is 1240. The molecule has 0 spiro atoms. The maximum absolute atomic E-state index is 13.9. The van der Waals surface area contributed by atoms with Gasteiger partial charge in [0, 0.05) is 35.6 Å². The number of rotatable bonds is 8. The lowest BCUT2D eigenvalue weighted by Gasteiger charge is -2.26. The van der Waals surface area contributed by atoms with E-state index in [0.29, 0.717) is 52.0 Å². The highest BCUT2D eigenvalue weighted by atomic mass is 19.1. The fourth-order valence-electron chi connectivity index (χ4n) is 4.63. The first-order valence-electron chi connectivity index (χ1n) is 12.0. The van der Waals surface area contributed by atoms with Crippen LogP contribution >= 0.6 is 0 Å². The van der Waals surface area contributed by atoms with Crippen LogP contribution < -0.4 is 11.1 Å². The van der Waals surface area contributed by atoms with Crippen molar-refractivity contribution in [3.8, 4) is 11.1 Å². The van der Waals surface area contributed by atoms with Gasteiger partial charge >= 0.3 is 0 Å². The minimum absolute atomic E-state index is 0.200. The number of piperidine rings is 1. The number of H-pyrrole nitrogens is 1. The van der Waals surface area contributed by atoms with Gasteiger partial charge in [0.1, 0.15) is 5.82 Å². The Morgan fingerprint density at radius 3 is 2.66 bits per heavy atom. The molecule has 1 aliphatic heterocycles. The van der Waals surface area contributed by atoms with Crippen molar-refractivity contribution in [1.82, 2.24) is 15.2 Å². The maximum Gasteiger partial charge on any atom is 0.253 e. The second-order valence-corrected chi connectivity index (χ2v) is 8.94. The number of likely N-dealkylation sites (tertiary alicyclic amines) is 1. The zero-order valence-corrected chi connectivity index (χ0v) is 19.9. The second kappa shape index (κ2) is 11.1. The number of carbonyl (C=O) groups excluding carboxylic acids is 2. The number of nitrogens with two attached hydrogens (primary N) is 1. The van der Waals surface area contributed by atoms with Crippen LogP contribution in [0.15, 0.2) is 48.5 Å². The van der Waals surface area contributed by atoms with Crippen molar-refractivity contribution in [3.63, 3.8) is 0 Å². The molecule has 4 N–H and O–H groups in total. The van der Waals surface area contributed by atoms with Crippen molar-refractivity contribution < 1.29 is 14.0 Å². The van der Waals surface area contributed by atoms with Gasteiger partial charge in [-0.3, -0.25) is 9.59 Å². The highest BCUT2D eigenvalue weighted by Gasteiger charge is 2.18. The summed E-state index contributed by atoms with van der Waals surface area (Å²) in [5, 5.41) is 3.00. The van der Waals surface area contributed by atoms with E-state index in [1.54, 1.807) is 42.5 Å². The number of aldehydes is 1. The number of carbonyl (C=O) groups is 2. The molecule has 0 aliphatic carbocycles. The van der Waals surface area contributed by atoms with Crippen LogP contribution in [0.3, 0.4) is 0 Å². The quantitative estimate of drug-likeness (QED) is 0.251. The first kappa shape index (κ1) is 24.4. The van der Waals surface area contributed by atoms with E-state index in [2.05, 4.69) is 15.2 Å². The molecule has 0 bridgehead atoms. The maximum atomic E-state index is 13.9. The summed E-state index contributed by atoms with van der Waals surface area (Å²) in [6.45, 7) is 5.38. The standard InChI is InChI=1S/C28H31FN4O2/c1-19-15-24(28(35)31-11-14-33-12-3-2-4-13-33)26(32-19)17-21(18-34)27-23(9-6-10-25(27)30)20-7-5-8-22(29)16-20/h5-10,15-18,32H,2-4,11-14,30H2,1H3,(H,31,35)/b21-17+. The lowest BCUT2D eigenvalue weighted by atomic mass is 9.92. The van der Waals surface area contributed by atoms with Crippen LogP contribution in [-0.4, -0.2) is 48.3 Å². The average Bonchev–Trinajstić information content (AvgIpc) is 3.23. The van der Waals surface area contributed by atoms with Crippen LogP contribution in [-0.2, 0) is 4.79 Å². The zero-order chi connectivity index (χ0) is 24.8. The van der Waals surface area contributed by atoms with E-state index in [1.165, 1.54) is 31.4 Å². The van der Waals surface area contributed by atoms with Gasteiger partial charge in [0.05, 0.1) is 11.3 Å². The van der Waals surface area contributed by atoms with Gasteiger partial charge in [-0.05, 0) is 74.3 Å². The summed E-state index contributed by atoms with van der Waals surface area (Å²) in [6, 6.07) is 13.2. The molecule has 0 atom stereocenters. The largest absolute Gasteiger partial charge is 0.398 e. The molecule has 7 heteroatoms. The molecule has 1 amide bonds. The fourth-order valence-corrected chi connectivity index (χ4v) is 4.63. The Kier molecular flexibility index (Phi) is 7.77. The van der Waals surface area contributed by atoms with Crippen LogP contribution in [0, 0.1) is 12.7 Å². The van der Waals surface area contributed by atoms with Crippen LogP contribution in [0.5, 0.6) is 0 Å². The number of nitrogens with one attached hydrogen (secondary N) is 2. The predicted molar refractivity (Wildman–Crippen MR) is 138 cm³/mol. The molecule has 35 heavy (non-hydrogen) atoms. The molecular formula is C28H31FN4O2. The molecule has 4 rings (SSSR count). The van der Waals surface area contributed by atoms with E-state index in [-0.39, 0.29) is 11.7 Å². The Hall–Kier alpha value is -3.71. The molecule has 6 nitrogen and oxygen atoms in total.